The first kappa shape index (κ1) is 15.6. The first-order valence-corrected chi connectivity index (χ1v) is 7.37. The molecule has 1 saturated carbocycles. The van der Waals surface area contributed by atoms with E-state index < -0.39 is 17.3 Å². The fraction of sp³-hybridized carbons (Fsp3) is 0.353. The number of benzene rings is 1. The van der Waals surface area contributed by atoms with Crippen molar-refractivity contribution in [2.45, 2.75) is 38.6 Å². The van der Waals surface area contributed by atoms with Crippen LogP contribution in [0.2, 0.25) is 0 Å². The molecule has 1 fully saturated rings. The van der Waals surface area contributed by atoms with E-state index >= 15 is 0 Å². The minimum Gasteiger partial charge on any atom is -0.488 e. The SMILES string of the molecule is Cc1cn(C2CC2)c(=O)c(C(F)(F)F)c1OCc1ccccc1. The molecular formula is C17H16F3NO2. The lowest BCUT2D eigenvalue weighted by atomic mass is 10.1. The van der Waals surface area contributed by atoms with Crippen LogP contribution < -0.4 is 10.3 Å². The van der Waals surface area contributed by atoms with Crippen LogP contribution in [0.5, 0.6) is 5.75 Å². The number of hydrogen-bond donors (Lipinski definition) is 0. The molecule has 1 aliphatic carbocycles. The predicted molar refractivity (Wildman–Crippen MR) is 79.5 cm³/mol. The first-order valence-electron chi connectivity index (χ1n) is 7.37. The summed E-state index contributed by atoms with van der Waals surface area (Å²) in [6.07, 6.45) is -1.80. The molecule has 1 aromatic heterocycles. The molecule has 23 heavy (non-hydrogen) atoms. The summed E-state index contributed by atoms with van der Waals surface area (Å²) >= 11 is 0. The largest absolute Gasteiger partial charge is 0.488 e. The van der Waals surface area contributed by atoms with Crippen LogP contribution in [0.1, 0.15) is 35.6 Å². The quantitative estimate of drug-likeness (QED) is 0.848. The van der Waals surface area contributed by atoms with E-state index in [0.717, 1.165) is 18.4 Å². The molecule has 1 aliphatic rings. The molecule has 0 saturated heterocycles. The number of pyridine rings is 1. The number of nitrogens with zero attached hydrogens (tertiary/aromatic N) is 1. The van der Waals surface area contributed by atoms with Gasteiger partial charge >= 0.3 is 6.18 Å². The van der Waals surface area contributed by atoms with Gasteiger partial charge in [0, 0.05) is 17.8 Å². The van der Waals surface area contributed by atoms with Gasteiger partial charge in [-0.25, -0.2) is 0 Å². The molecule has 1 heterocycles. The maximum atomic E-state index is 13.4. The number of aromatic nitrogens is 1. The predicted octanol–water partition coefficient (Wildman–Crippen LogP) is 4.09. The molecule has 0 aliphatic heterocycles. The molecule has 1 aromatic carbocycles. The van der Waals surface area contributed by atoms with E-state index in [9.17, 15) is 18.0 Å². The molecule has 3 rings (SSSR count). The lowest BCUT2D eigenvalue weighted by Crippen LogP contribution is -2.29. The Balaban J connectivity index is 2.01. The standard InChI is InChI=1S/C17H16F3NO2/c1-11-9-21(13-7-8-13)16(22)14(17(18,19)20)15(11)23-10-12-5-3-2-4-6-12/h2-6,9,13H,7-8,10H2,1H3. The number of rotatable bonds is 4. The van der Waals surface area contributed by atoms with Crippen molar-refractivity contribution in [2.75, 3.05) is 0 Å². The van der Waals surface area contributed by atoms with Gasteiger partial charge in [-0.3, -0.25) is 4.79 Å². The highest BCUT2D eigenvalue weighted by Gasteiger charge is 2.41. The molecule has 0 radical (unpaired) electrons. The van der Waals surface area contributed by atoms with Crippen LogP contribution in [0.3, 0.4) is 0 Å². The number of halogens is 3. The third kappa shape index (κ3) is 3.25. The second-order valence-electron chi connectivity index (χ2n) is 5.73. The number of alkyl halides is 3. The van der Waals surface area contributed by atoms with Gasteiger partial charge in [-0.05, 0) is 25.3 Å². The van der Waals surface area contributed by atoms with Gasteiger partial charge < -0.3 is 9.30 Å². The molecule has 0 spiro atoms. The Kier molecular flexibility index (Phi) is 3.92. The van der Waals surface area contributed by atoms with Gasteiger partial charge in [0.15, 0.2) is 5.56 Å². The van der Waals surface area contributed by atoms with Crippen LogP contribution in [0.25, 0.3) is 0 Å². The summed E-state index contributed by atoms with van der Waals surface area (Å²) in [5, 5.41) is 0. The monoisotopic (exact) mass is 323 g/mol. The van der Waals surface area contributed by atoms with Gasteiger partial charge in [0.1, 0.15) is 12.4 Å². The average molecular weight is 323 g/mol. The van der Waals surface area contributed by atoms with Crippen molar-refractivity contribution in [1.29, 1.82) is 0 Å². The second kappa shape index (κ2) is 5.76. The maximum absolute atomic E-state index is 13.4. The molecular weight excluding hydrogens is 307 g/mol. The number of hydrogen-bond acceptors (Lipinski definition) is 2. The van der Waals surface area contributed by atoms with E-state index in [0.29, 0.717) is 5.56 Å². The smallest absolute Gasteiger partial charge is 0.425 e. The average Bonchev–Trinajstić information content (AvgIpc) is 3.32. The zero-order valence-electron chi connectivity index (χ0n) is 12.6. The summed E-state index contributed by atoms with van der Waals surface area (Å²) in [5.74, 6) is -0.372. The highest BCUT2D eigenvalue weighted by Crippen LogP contribution is 2.39. The summed E-state index contributed by atoms with van der Waals surface area (Å²) in [4.78, 5) is 12.2. The minimum atomic E-state index is -4.74. The summed E-state index contributed by atoms with van der Waals surface area (Å²) in [6.45, 7) is 1.52. The first-order chi connectivity index (χ1) is 10.9. The summed E-state index contributed by atoms with van der Waals surface area (Å²) in [7, 11) is 0. The maximum Gasteiger partial charge on any atom is 0.425 e. The van der Waals surface area contributed by atoms with E-state index in [-0.39, 0.29) is 18.4 Å². The fourth-order valence-electron chi connectivity index (χ4n) is 2.54. The highest BCUT2D eigenvalue weighted by molar-refractivity contribution is 5.41. The fourth-order valence-corrected chi connectivity index (χ4v) is 2.54. The van der Waals surface area contributed by atoms with Crippen molar-refractivity contribution in [2.24, 2.45) is 0 Å². The zero-order chi connectivity index (χ0) is 16.6. The van der Waals surface area contributed by atoms with Crippen molar-refractivity contribution in [1.82, 2.24) is 4.57 Å². The highest BCUT2D eigenvalue weighted by atomic mass is 19.4. The van der Waals surface area contributed by atoms with Crippen LogP contribution in [0.15, 0.2) is 41.3 Å². The van der Waals surface area contributed by atoms with Crippen molar-refractivity contribution in [3.05, 3.63) is 63.6 Å². The molecule has 0 bridgehead atoms. The van der Waals surface area contributed by atoms with E-state index in [1.54, 1.807) is 24.3 Å². The molecule has 0 unspecified atom stereocenters. The Morgan fingerprint density at radius 1 is 1.22 bits per heavy atom. The summed E-state index contributed by atoms with van der Waals surface area (Å²) < 4.78 is 46.7. The van der Waals surface area contributed by atoms with Gasteiger partial charge in [0.25, 0.3) is 5.56 Å². The van der Waals surface area contributed by atoms with E-state index in [1.165, 1.54) is 17.7 Å². The van der Waals surface area contributed by atoms with Crippen molar-refractivity contribution in [3.63, 3.8) is 0 Å². The molecule has 0 atom stereocenters. The molecule has 6 heteroatoms. The Morgan fingerprint density at radius 2 is 1.87 bits per heavy atom. The molecule has 0 N–H and O–H groups in total. The van der Waals surface area contributed by atoms with Crippen LogP contribution >= 0.6 is 0 Å². The number of ether oxygens (including phenoxy) is 1. The van der Waals surface area contributed by atoms with Gasteiger partial charge in [-0.2, -0.15) is 13.2 Å². The van der Waals surface area contributed by atoms with Gasteiger partial charge in [0.05, 0.1) is 0 Å². The van der Waals surface area contributed by atoms with Crippen molar-refractivity contribution < 1.29 is 17.9 Å². The topological polar surface area (TPSA) is 31.2 Å². The third-order valence-electron chi connectivity index (χ3n) is 3.82. The molecule has 122 valence electrons. The molecule has 2 aromatic rings. The van der Waals surface area contributed by atoms with Crippen molar-refractivity contribution in [3.8, 4) is 5.75 Å². The van der Waals surface area contributed by atoms with E-state index in [1.807, 2.05) is 6.07 Å². The lowest BCUT2D eigenvalue weighted by molar-refractivity contribution is -0.140. The zero-order valence-corrected chi connectivity index (χ0v) is 12.6. The van der Waals surface area contributed by atoms with E-state index in [2.05, 4.69) is 0 Å². The minimum absolute atomic E-state index is 0.0162. The Morgan fingerprint density at radius 3 is 2.43 bits per heavy atom. The number of aryl methyl sites for hydroxylation is 1. The summed E-state index contributed by atoms with van der Waals surface area (Å²) in [6, 6.07) is 8.77. The normalized spacial score (nSPS) is 14.8. The Hall–Kier alpha value is -2.24. The molecule has 3 nitrogen and oxygen atoms in total. The Labute approximate surface area is 131 Å². The van der Waals surface area contributed by atoms with E-state index in [4.69, 9.17) is 4.74 Å². The molecule has 0 amide bonds. The van der Waals surface area contributed by atoms with Crippen LogP contribution in [0, 0.1) is 6.92 Å². The van der Waals surface area contributed by atoms with Gasteiger partial charge in [-0.15, -0.1) is 0 Å². The summed E-state index contributed by atoms with van der Waals surface area (Å²) in [5.41, 5.74) is -1.17. The van der Waals surface area contributed by atoms with Crippen LogP contribution in [-0.4, -0.2) is 4.57 Å². The van der Waals surface area contributed by atoms with Gasteiger partial charge in [0.2, 0.25) is 0 Å². The van der Waals surface area contributed by atoms with Crippen LogP contribution in [0.4, 0.5) is 13.2 Å². The van der Waals surface area contributed by atoms with Gasteiger partial charge in [-0.1, -0.05) is 30.3 Å². The van der Waals surface area contributed by atoms with Crippen LogP contribution in [-0.2, 0) is 12.8 Å². The second-order valence-corrected chi connectivity index (χ2v) is 5.73. The third-order valence-corrected chi connectivity index (χ3v) is 3.82. The Bertz CT molecular complexity index is 762. The lowest BCUT2D eigenvalue weighted by Gasteiger charge is -2.18. The van der Waals surface area contributed by atoms with Crippen molar-refractivity contribution >= 4 is 0 Å².